The van der Waals surface area contributed by atoms with Crippen LogP contribution in [0.4, 0.5) is 0 Å². The maximum atomic E-state index is 3.21. The lowest BCUT2D eigenvalue weighted by Crippen LogP contribution is -2.39. The molecule has 0 bridgehead atoms. The van der Waals surface area contributed by atoms with Crippen molar-refractivity contribution in [2.45, 2.75) is 26.1 Å². The Morgan fingerprint density at radius 2 is 2.24 bits per heavy atom. The molecular weight excluding hydrogens is 228 g/mol. The number of nitrogens with zero attached hydrogens (tertiary/aromatic N) is 1. The number of thioether (sulfide) groups is 1. The number of benzene rings is 1. The summed E-state index contributed by atoms with van der Waals surface area (Å²) in [7, 11) is 2.00. The molecule has 1 aliphatic rings. The molecule has 1 saturated heterocycles. The molecule has 0 radical (unpaired) electrons. The molecule has 1 heterocycles. The van der Waals surface area contributed by atoms with Gasteiger partial charge in [0.2, 0.25) is 0 Å². The van der Waals surface area contributed by atoms with Crippen LogP contribution in [0.3, 0.4) is 0 Å². The molecule has 1 fully saturated rings. The third-order valence-electron chi connectivity index (χ3n) is 3.26. The van der Waals surface area contributed by atoms with Crippen molar-refractivity contribution in [3.63, 3.8) is 0 Å². The van der Waals surface area contributed by atoms with Gasteiger partial charge in [-0.15, -0.1) is 0 Å². The lowest BCUT2D eigenvalue weighted by molar-refractivity contribution is 0.224. The van der Waals surface area contributed by atoms with E-state index >= 15 is 0 Å². The molecule has 1 aromatic rings. The zero-order valence-electron chi connectivity index (χ0n) is 10.8. The van der Waals surface area contributed by atoms with Gasteiger partial charge in [-0.25, -0.2) is 0 Å². The molecule has 1 unspecified atom stereocenters. The number of hydrogen-bond donors (Lipinski definition) is 1. The van der Waals surface area contributed by atoms with Crippen molar-refractivity contribution in [2.75, 3.05) is 25.1 Å². The summed E-state index contributed by atoms with van der Waals surface area (Å²) in [6, 6.07) is 9.64. The minimum Gasteiger partial charge on any atom is -0.316 e. The first kappa shape index (κ1) is 12.9. The maximum Gasteiger partial charge on any atom is 0.0237 e. The van der Waals surface area contributed by atoms with Crippen LogP contribution in [-0.2, 0) is 13.1 Å². The molecule has 2 rings (SSSR count). The van der Waals surface area contributed by atoms with Crippen LogP contribution in [0.25, 0.3) is 0 Å². The molecule has 0 aliphatic carbocycles. The lowest BCUT2D eigenvalue weighted by Gasteiger charge is -2.33. The van der Waals surface area contributed by atoms with E-state index < -0.39 is 0 Å². The highest BCUT2D eigenvalue weighted by molar-refractivity contribution is 7.99. The van der Waals surface area contributed by atoms with E-state index in [0.29, 0.717) is 6.04 Å². The van der Waals surface area contributed by atoms with Gasteiger partial charge in [-0.2, -0.15) is 11.8 Å². The summed E-state index contributed by atoms with van der Waals surface area (Å²) < 4.78 is 0. The Kier molecular flexibility index (Phi) is 4.89. The van der Waals surface area contributed by atoms with Gasteiger partial charge in [0.15, 0.2) is 0 Å². The molecule has 1 atom stereocenters. The summed E-state index contributed by atoms with van der Waals surface area (Å²) in [6.07, 6.45) is 0. The molecule has 0 amide bonds. The van der Waals surface area contributed by atoms with Gasteiger partial charge in [-0.3, -0.25) is 4.90 Å². The average molecular weight is 250 g/mol. The number of nitrogens with one attached hydrogen (secondary N) is 1. The summed E-state index contributed by atoms with van der Waals surface area (Å²) in [5, 5.41) is 3.21. The number of hydrogen-bond acceptors (Lipinski definition) is 3. The molecule has 0 aromatic heterocycles. The number of rotatable bonds is 4. The monoisotopic (exact) mass is 250 g/mol. The first-order valence-corrected chi connectivity index (χ1v) is 7.49. The average Bonchev–Trinajstić information content (AvgIpc) is 2.33. The van der Waals surface area contributed by atoms with Crippen molar-refractivity contribution in [1.82, 2.24) is 10.2 Å². The third kappa shape index (κ3) is 3.73. The van der Waals surface area contributed by atoms with Crippen LogP contribution in [0.5, 0.6) is 0 Å². The van der Waals surface area contributed by atoms with E-state index in [0.717, 1.165) is 13.1 Å². The summed E-state index contributed by atoms with van der Waals surface area (Å²) in [4.78, 5) is 2.59. The fraction of sp³-hybridized carbons (Fsp3) is 0.571. The summed E-state index contributed by atoms with van der Waals surface area (Å²) >= 11 is 2.08. The molecule has 0 spiro atoms. The van der Waals surface area contributed by atoms with Crippen molar-refractivity contribution in [2.24, 2.45) is 0 Å². The Bertz CT molecular complexity index is 354. The molecular formula is C14H22N2S. The fourth-order valence-corrected chi connectivity index (χ4v) is 3.36. The topological polar surface area (TPSA) is 15.3 Å². The van der Waals surface area contributed by atoms with Crippen LogP contribution < -0.4 is 5.32 Å². The SMILES string of the molecule is CNCc1cccc(CN2CCSCC2C)c1. The van der Waals surface area contributed by atoms with Crippen LogP contribution in [0, 0.1) is 0 Å². The van der Waals surface area contributed by atoms with Crippen molar-refractivity contribution in [3.05, 3.63) is 35.4 Å². The Hall–Kier alpha value is -0.510. The van der Waals surface area contributed by atoms with Gasteiger partial charge in [0.05, 0.1) is 0 Å². The van der Waals surface area contributed by atoms with E-state index in [9.17, 15) is 0 Å². The predicted octanol–water partition coefficient (Wildman–Crippen LogP) is 2.34. The molecule has 0 saturated carbocycles. The first-order valence-electron chi connectivity index (χ1n) is 6.34. The van der Waals surface area contributed by atoms with E-state index in [1.54, 1.807) is 0 Å². The standard InChI is InChI=1S/C14H22N2S/c1-12-11-17-7-6-16(12)10-14-5-3-4-13(8-14)9-15-2/h3-5,8,12,15H,6-7,9-11H2,1-2H3. The second-order valence-electron chi connectivity index (χ2n) is 4.74. The smallest absolute Gasteiger partial charge is 0.0237 e. The van der Waals surface area contributed by atoms with Crippen LogP contribution in [0.1, 0.15) is 18.1 Å². The van der Waals surface area contributed by atoms with Crippen LogP contribution in [-0.4, -0.2) is 36.0 Å². The van der Waals surface area contributed by atoms with Crippen molar-refractivity contribution >= 4 is 11.8 Å². The van der Waals surface area contributed by atoms with Gasteiger partial charge in [0, 0.05) is 37.2 Å². The Labute approximate surface area is 109 Å². The van der Waals surface area contributed by atoms with Crippen LogP contribution in [0.15, 0.2) is 24.3 Å². The summed E-state index contributed by atoms with van der Waals surface area (Å²) in [5.41, 5.74) is 2.82. The van der Waals surface area contributed by atoms with Gasteiger partial charge in [0.25, 0.3) is 0 Å². The first-order chi connectivity index (χ1) is 8.29. The van der Waals surface area contributed by atoms with Crippen LogP contribution in [0.2, 0.25) is 0 Å². The van der Waals surface area contributed by atoms with E-state index in [4.69, 9.17) is 0 Å². The van der Waals surface area contributed by atoms with Crippen LogP contribution >= 0.6 is 11.8 Å². The van der Waals surface area contributed by atoms with Crippen molar-refractivity contribution < 1.29 is 0 Å². The summed E-state index contributed by atoms with van der Waals surface area (Å²) in [5.74, 6) is 2.55. The second-order valence-corrected chi connectivity index (χ2v) is 5.89. The quantitative estimate of drug-likeness (QED) is 0.883. The molecule has 1 aromatic carbocycles. The van der Waals surface area contributed by atoms with E-state index in [2.05, 4.69) is 53.2 Å². The van der Waals surface area contributed by atoms with Crippen molar-refractivity contribution in [3.8, 4) is 0 Å². The molecule has 2 nitrogen and oxygen atoms in total. The minimum absolute atomic E-state index is 0.710. The highest BCUT2D eigenvalue weighted by atomic mass is 32.2. The highest BCUT2D eigenvalue weighted by Crippen LogP contribution is 2.18. The normalized spacial score (nSPS) is 21.6. The van der Waals surface area contributed by atoms with Gasteiger partial charge < -0.3 is 5.32 Å². The van der Waals surface area contributed by atoms with E-state index in [1.807, 2.05) is 7.05 Å². The Morgan fingerprint density at radius 1 is 1.41 bits per heavy atom. The predicted molar refractivity (Wildman–Crippen MR) is 76.4 cm³/mol. The zero-order valence-corrected chi connectivity index (χ0v) is 11.6. The molecule has 3 heteroatoms. The lowest BCUT2D eigenvalue weighted by atomic mass is 10.1. The summed E-state index contributed by atoms with van der Waals surface area (Å²) in [6.45, 7) is 5.62. The Morgan fingerprint density at radius 3 is 3.00 bits per heavy atom. The van der Waals surface area contributed by atoms with Gasteiger partial charge in [-0.1, -0.05) is 24.3 Å². The Balaban J connectivity index is 1.99. The largest absolute Gasteiger partial charge is 0.316 e. The second kappa shape index (κ2) is 6.43. The van der Waals surface area contributed by atoms with E-state index in [-0.39, 0.29) is 0 Å². The van der Waals surface area contributed by atoms with Gasteiger partial charge in [-0.05, 0) is 25.1 Å². The van der Waals surface area contributed by atoms with E-state index in [1.165, 1.54) is 29.2 Å². The molecule has 1 aliphatic heterocycles. The van der Waals surface area contributed by atoms with Crippen molar-refractivity contribution in [1.29, 1.82) is 0 Å². The molecule has 94 valence electrons. The molecule has 17 heavy (non-hydrogen) atoms. The zero-order chi connectivity index (χ0) is 12.1. The third-order valence-corrected chi connectivity index (χ3v) is 4.45. The fourth-order valence-electron chi connectivity index (χ4n) is 2.27. The van der Waals surface area contributed by atoms with Gasteiger partial charge in [0.1, 0.15) is 0 Å². The van der Waals surface area contributed by atoms with Gasteiger partial charge >= 0.3 is 0 Å². The minimum atomic E-state index is 0.710. The molecule has 1 N–H and O–H groups in total. The maximum absolute atomic E-state index is 3.21. The highest BCUT2D eigenvalue weighted by Gasteiger charge is 2.18.